The zero-order valence-electron chi connectivity index (χ0n) is 14.3. The predicted molar refractivity (Wildman–Crippen MR) is 91.3 cm³/mol. The van der Waals surface area contributed by atoms with E-state index in [1.807, 2.05) is 4.98 Å². The standard InChI is InChI=1S/C9H14FN2O14P3S/c1-9(15)4(13)6(23-7(9)12-2-3(10)5(14)11-8(12)30)24-28(19,20)26-29(21,22)25-27(16,17)18/h2,4,6-7,13,15H,1H3,(H,19,20)(H,21,22)(H,11,14,30)(H2,16,17,18)/t4-,6+,7+,9?/m0/s1. The van der Waals surface area contributed by atoms with Gasteiger partial charge < -0.3 is 34.5 Å². The maximum absolute atomic E-state index is 13.6. The van der Waals surface area contributed by atoms with Gasteiger partial charge in [0, 0.05) is 0 Å². The molecule has 0 aromatic carbocycles. The van der Waals surface area contributed by atoms with E-state index in [0.717, 1.165) is 6.92 Å². The summed E-state index contributed by atoms with van der Waals surface area (Å²) >= 11 is 4.79. The molecule has 0 amide bonds. The Kier molecular flexibility index (Phi) is 7.12. The van der Waals surface area contributed by atoms with Gasteiger partial charge in [0.2, 0.25) is 12.1 Å². The van der Waals surface area contributed by atoms with E-state index in [-0.39, 0.29) is 0 Å². The number of nitrogens with one attached hydrogen (secondary N) is 1. The molecule has 1 saturated heterocycles. The number of phosphoric ester groups is 1. The third-order valence-corrected chi connectivity index (χ3v) is 7.56. The molecule has 1 aromatic heterocycles. The molecular weight excluding hydrogens is 504 g/mol. The van der Waals surface area contributed by atoms with E-state index in [2.05, 4.69) is 13.1 Å². The molecule has 21 heteroatoms. The van der Waals surface area contributed by atoms with Crippen LogP contribution in [0.25, 0.3) is 0 Å². The summed E-state index contributed by atoms with van der Waals surface area (Å²) in [4.78, 5) is 48.7. The van der Waals surface area contributed by atoms with Crippen molar-refractivity contribution in [3.8, 4) is 0 Å². The van der Waals surface area contributed by atoms with Crippen molar-refractivity contribution in [2.75, 3.05) is 0 Å². The molecular formula is C9H14FN2O14P3S. The van der Waals surface area contributed by atoms with Crippen molar-refractivity contribution in [3.05, 3.63) is 27.1 Å². The second-order valence-corrected chi connectivity index (χ2v) is 10.6. The number of aromatic nitrogens is 2. The quantitative estimate of drug-likeness (QED) is 0.175. The first-order chi connectivity index (χ1) is 13.3. The summed E-state index contributed by atoms with van der Waals surface area (Å²) in [6.07, 6.45) is -5.79. The van der Waals surface area contributed by atoms with Crippen molar-refractivity contribution < 1.29 is 65.8 Å². The molecule has 1 aliphatic rings. The van der Waals surface area contributed by atoms with Gasteiger partial charge in [-0.2, -0.15) is 13.0 Å². The van der Waals surface area contributed by atoms with Gasteiger partial charge in [0.05, 0.1) is 6.20 Å². The average molecular weight is 518 g/mol. The second kappa shape index (κ2) is 8.35. The third-order valence-electron chi connectivity index (χ3n) is 3.45. The highest BCUT2D eigenvalue weighted by Crippen LogP contribution is 2.67. The first-order valence-electron chi connectivity index (χ1n) is 7.24. The Balaban J connectivity index is 2.28. The summed E-state index contributed by atoms with van der Waals surface area (Å²) in [5, 5.41) is 20.6. The number of hydrogen-bond donors (Lipinski definition) is 7. The molecule has 1 aliphatic heterocycles. The Morgan fingerprint density at radius 2 is 1.80 bits per heavy atom. The van der Waals surface area contributed by atoms with Crippen LogP contribution in [-0.4, -0.2) is 57.3 Å². The molecule has 30 heavy (non-hydrogen) atoms. The molecule has 16 nitrogen and oxygen atoms in total. The summed E-state index contributed by atoms with van der Waals surface area (Å²) < 4.78 is 63.9. The Hall–Kier alpha value is -0.680. The van der Waals surface area contributed by atoms with Crippen molar-refractivity contribution in [3.63, 3.8) is 0 Å². The van der Waals surface area contributed by atoms with Gasteiger partial charge in [-0.1, -0.05) is 0 Å². The van der Waals surface area contributed by atoms with Crippen molar-refractivity contribution >= 4 is 35.7 Å². The highest BCUT2D eigenvalue weighted by molar-refractivity contribution is 7.71. The summed E-state index contributed by atoms with van der Waals surface area (Å²) in [6, 6.07) is 0. The van der Waals surface area contributed by atoms with E-state index in [1.165, 1.54) is 0 Å². The maximum Gasteiger partial charge on any atom is 0.490 e. The lowest BCUT2D eigenvalue weighted by atomic mass is 9.99. The fourth-order valence-electron chi connectivity index (χ4n) is 2.26. The molecule has 7 N–H and O–H groups in total. The van der Waals surface area contributed by atoms with Gasteiger partial charge in [-0.15, -0.1) is 0 Å². The van der Waals surface area contributed by atoms with E-state index in [0.29, 0.717) is 10.8 Å². The summed E-state index contributed by atoms with van der Waals surface area (Å²) in [5.41, 5.74) is -3.61. The number of ether oxygens (including phenoxy) is 1. The van der Waals surface area contributed by atoms with Crippen LogP contribution in [-0.2, 0) is 31.6 Å². The number of H-pyrrole nitrogens is 1. The number of rotatable bonds is 7. The van der Waals surface area contributed by atoms with Crippen LogP contribution >= 0.6 is 35.7 Å². The van der Waals surface area contributed by atoms with E-state index < -0.39 is 63.8 Å². The molecule has 3 unspecified atom stereocenters. The lowest BCUT2D eigenvalue weighted by Gasteiger charge is -2.27. The van der Waals surface area contributed by atoms with Gasteiger partial charge in [-0.05, 0) is 19.1 Å². The van der Waals surface area contributed by atoms with Crippen LogP contribution in [0.2, 0.25) is 0 Å². The summed E-state index contributed by atoms with van der Waals surface area (Å²) in [7, 11) is -17.2. The van der Waals surface area contributed by atoms with Gasteiger partial charge >= 0.3 is 23.5 Å². The van der Waals surface area contributed by atoms with Crippen molar-refractivity contribution in [1.82, 2.24) is 9.55 Å². The topological polar surface area (TPSA) is 247 Å². The molecule has 6 atom stereocenters. The Bertz CT molecular complexity index is 1080. The van der Waals surface area contributed by atoms with Gasteiger partial charge in [0.1, 0.15) is 11.7 Å². The van der Waals surface area contributed by atoms with E-state index in [1.54, 1.807) is 0 Å². The normalized spacial score (nSPS) is 31.3. The van der Waals surface area contributed by atoms with Crippen LogP contribution in [0.3, 0.4) is 0 Å². The number of phosphoric acid groups is 3. The zero-order valence-corrected chi connectivity index (χ0v) is 17.8. The zero-order chi connectivity index (χ0) is 23.3. The lowest BCUT2D eigenvalue weighted by molar-refractivity contribution is -0.136. The minimum absolute atomic E-state index is 0.488. The molecule has 2 heterocycles. The molecule has 172 valence electrons. The number of aliphatic hydroxyl groups excluding tert-OH is 1. The Morgan fingerprint density at radius 1 is 1.23 bits per heavy atom. The molecule has 1 aromatic rings. The van der Waals surface area contributed by atoms with Gasteiger partial charge in [0.15, 0.2) is 11.0 Å². The first kappa shape index (κ1) is 25.6. The summed E-state index contributed by atoms with van der Waals surface area (Å²) in [5.74, 6) is -1.37. The van der Waals surface area contributed by atoms with Crippen LogP contribution in [0.5, 0.6) is 0 Å². The Morgan fingerprint density at radius 3 is 2.33 bits per heavy atom. The largest absolute Gasteiger partial charge is 0.490 e. The van der Waals surface area contributed by atoms with Crippen LogP contribution < -0.4 is 5.56 Å². The van der Waals surface area contributed by atoms with Crippen molar-refractivity contribution in [2.45, 2.75) is 31.1 Å². The molecule has 1 fully saturated rings. The highest BCUT2D eigenvalue weighted by atomic mass is 32.1. The van der Waals surface area contributed by atoms with E-state index >= 15 is 0 Å². The maximum atomic E-state index is 13.6. The van der Waals surface area contributed by atoms with Crippen molar-refractivity contribution in [2.24, 2.45) is 0 Å². The minimum atomic E-state index is -5.85. The van der Waals surface area contributed by atoms with Crippen LogP contribution in [0.4, 0.5) is 4.39 Å². The fourth-order valence-corrected chi connectivity index (χ4v) is 5.58. The molecule has 0 radical (unpaired) electrons. The number of aliphatic hydroxyl groups is 2. The van der Waals surface area contributed by atoms with Crippen LogP contribution in [0.15, 0.2) is 11.0 Å². The Labute approximate surface area is 169 Å². The lowest BCUT2D eigenvalue weighted by Crippen LogP contribution is -2.44. The molecule has 0 aliphatic carbocycles. The number of halogens is 1. The fraction of sp³-hybridized carbons (Fsp3) is 0.556. The minimum Gasteiger partial charge on any atom is -0.385 e. The monoisotopic (exact) mass is 518 g/mol. The van der Waals surface area contributed by atoms with E-state index in [4.69, 9.17) is 31.6 Å². The molecule has 0 saturated carbocycles. The van der Waals surface area contributed by atoms with Gasteiger partial charge in [-0.3, -0.25) is 18.9 Å². The first-order valence-corrected chi connectivity index (χ1v) is 12.2. The number of hydrogen-bond acceptors (Lipinski definition) is 11. The van der Waals surface area contributed by atoms with Gasteiger partial charge in [-0.25, -0.2) is 13.7 Å². The third kappa shape index (κ3) is 5.97. The molecule has 2 rings (SSSR count). The number of aromatic amines is 1. The van der Waals surface area contributed by atoms with Crippen LogP contribution in [0.1, 0.15) is 13.2 Å². The smallest absolute Gasteiger partial charge is 0.385 e. The predicted octanol–water partition coefficient (Wildman–Crippen LogP) is -0.645. The molecule has 0 spiro atoms. The SMILES string of the molecule is CC1(O)[C@@H](O)[C@@H](OP(=O)(O)OP(=O)(O)OP(=O)(O)O)O[C@H]1n1cc(F)c(=O)[nH]c1=S. The van der Waals surface area contributed by atoms with Crippen molar-refractivity contribution in [1.29, 1.82) is 0 Å². The molecule has 0 bridgehead atoms. The van der Waals surface area contributed by atoms with E-state index in [9.17, 15) is 38.0 Å². The highest BCUT2D eigenvalue weighted by Gasteiger charge is 2.56. The average Bonchev–Trinajstić information content (AvgIpc) is 2.70. The summed E-state index contributed by atoms with van der Waals surface area (Å²) in [6.45, 7) is 0.910. The van der Waals surface area contributed by atoms with Gasteiger partial charge in [0.25, 0.3) is 5.56 Å². The van der Waals surface area contributed by atoms with Crippen LogP contribution in [0, 0.1) is 10.6 Å². The second-order valence-electron chi connectivity index (χ2n) is 5.87. The number of nitrogens with zero attached hydrogens (tertiary/aromatic N) is 1.